The summed E-state index contributed by atoms with van der Waals surface area (Å²) >= 11 is 1.57. The first-order valence-corrected chi connectivity index (χ1v) is 10.6. The van der Waals surface area contributed by atoms with E-state index in [-0.39, 0.29) is 23.4 Å². The first-order valence-electron chi connectivity index (χ1n) is 9.67. The highest BCUT2D eigenvalue weighted by atomic mass is 32.2. The van der Waals surface area contributed by atoms with E-state index in [0.29, 0.717) is 11.3 Å². The van der Waals surface area contributed by atoms with Gasteiger partial charge in [-0.05, 0) is 43.7 Å². The molecule has 0 spiro atoms. The van der Waals surface area contributed by atoms with Crippen molar-refractivity contribution in [1.29, 1.82) is 0 Å². The SMILES string of the molecule is C[C@H](Sc1nncn1C)c1cccc(NC(=O)c2cc(C(=O)NC[C@@H](C)O)ccn2)c1. The highest BCUT2D eigenvalue weighted by Gasteiger charge is 2.15. The van der Waals surface area contributed by atoms with E-state index < -0.39 is 12.0 Å². The van der Waals surface area contributed by atoms with Gasteiger partial charge in [0.2, 0.25) is 0 Å². The topological polar surface area (TPSA) is 122 Å². The molecule has 3 rings (SSSR count). The molecule has 0 fully saturated rings. The Morgan fingerprint density at radius 1 is 1.19 bits per heavy atom. The molecular formula is C21H24N6O3S. The van der Waals surface area contributed by atoms with Crippen LogP contribution in [0.5, 0.6) is 0 Å². The van der Waals surface area contributed by atoms with Crippen LogP contribution in [0.1, 0.15) is 45.5 Å². The summed E-state index contributed by atoms with van der Waals surface area (Å²) in [4.78, 5) is 28.9. The summed E-state index contributed by atoms with van der Waals surface area (Å²) in [5, 5.41) is 23.6. The van der Waals surface area contributed by atoms with Gasteiger partial charge in [-0.15, -0.1) is 10.2 Å². The quantitative estimate of drug-likeness (QED) is 0.460. The number of thioether (sulfide) groups is 1. The summed E-state index contributed by atoms with van der Waals surface area (Å²) in [5.41, 5.74) is 2.06. The van der Waals surface area contributed by atoms with Gasteiger partial charge in [0.1, 0.15) is 12.0 Å². The van der Waals surface area contributed by atoms with Crippen molar-refractivity contribution in [2.75, 3.05) is 11.9 Å². The summed E-state index contributed by atoms with van der Waals surface area (Å²) in [7, 11) is 1.89. The van der Waals surface area contributed by atoms with E-state index in [9.17, 15) is 14.7 Å². The number of amides is 2. The second kappa shape index (κ2) is 10.2. The Balaban J connectivity index is 1.68. The summed E-state index contributed by atoms with van der Waals surface area (Å²) in [5.74, 6) is -0.801. The van der Waals surface area contributed by atoms with Gasteiger partial charge in [-0.2, -0.15) is 0 Å². The van der Waals surface area contributed by atoms with E-state index in [4.69, 9.17) is 0 Å². The number of aryl methyl sites for hydroxylation is 1. The maximum atomic E-state index is 12.7. The largest absolute Gasteiger partial charge is 0.392 e. The molecule has 0 aliphatic carbocycles. The van der Waals surface area contributed by atoms with Crippen LogP contribution in [-0.4, -0.2) is 49.3 Å². The van der Waals surface area contributed by atoms with Gasteiger partial charge in [0.15, 0.2) is 5.16 Å². The molecule has 9 nitrogen and oxygen atoms in total. The number of hydrogen-bond donors (Lipinski definition) is 3. The van der Waals surface area contributed by atoms with Gasteiger partial charge in [-0.3, -0.25) is 14.6 Å². The standard InChI is InChI=1S/C21H24N6O3S/c1-13(28)11-23-19(29)16-7-8-22-18(10-16)20(30)25-17-6-4-5-15(9-17)14(2)31-21-26-24-12-27(21)3/h4-10,12-14,28H,11H2,1-3H3,(H,23,29)(H,25,30)/t13-,14+/m1/s1. The van der Waals surface area contributed by atoms with E-state index in [2.05, 4.69) is 32.7 Å². The van der Waals surface area contributed by atoms with Crippen LogP contribution >= 0.6 is 11.8 Å². The van der Waals surface area contributed by atoms with Crippen molar-refractivity contribution in [2.24, 2.45) is 7.05 Å². The molecule has 0 aliphatic heterocycles. The van der Waals surface area contributed by atoms with E-state index in [0.717, 1.165) is 10.7 Å². The predicted octanol–water partition coefficient (Wildman–Crippen LogP) is 2.43. The van der Waals surface area contributed by atoms with Crippen molar-refractivity contribution in [3.8, 4) is 0 Å². The Morgan fingerprint density at radius 3 is 2.71 bits per heavy atom. The predicted molar refractivity (Wildman–Crippen MR) is 118 cm³/mol. The van der Waals surface area contributed by atoms with Crippen molar-refractivity contribution in [3.05, 3.63) is 65.7 Å². The summed E-state index contributed by atoms with van der Waals surface area (Å²) < 4.78 is 1.85. The molecular weight excluding hydrogens is 416 g/mol. The van der Waals surface area contributed by atoms with Crippen LogP contribution in [-0.2, 0) is 7.05 Å². The molecule has 3 aromatic rings. The Bertz CT molecular complexity index is 1070. The Morgan fingerprint density at radius 2 is 2.00 bits per heavy atom. The molecule has 0 saturated carbocycles. The van der Waals surface area contributed by atoms with Gasteiger partial charge in [0.05, 0.1) is 6.10 Å². The van der Waals surface area contributed by atoms with Crippen LogP contribution in [0.25, 0.3) is 0 Å². The second-order valence-corrected chi connectivity index (χ2v) is 8.36. The minimum atomic E-state index is -0.657. The minimum Gasteiger partial charge on any atom is -0.392 e. The number of aliphatic hydroxyl groups is 1. The number of nitrogens with zero attached hydrogens (tertiary/aromatic N) is 4. The van der Waals surface area contributed by atoms with Crippen molar-refractivity contribution in [2.45, 2.75) is 30.4 Å². The Labute approximate surface area is 184 Å². The van der Waals surface area contributed by atoms with Crippen LogP contribution in [0.2, 0.25) is 0 Å². The van der Waals surface area contributed by atoms with Crippen molar-refractivity contribution >= 4 is 29.3 Å². The average Bonchev–Trinajstić information content (AvgIpc) is 3.16. The molecule has 0 saturated heterocycles. The van der Waals surface area contributed by atoms with Gasteiger partial charge in [-0.25, -0.2) is 0 Å². The molecule has 3 N–H and O–H groups in total. The highest BCUT2D eigenvalue weighted by Crippen LogP contribution is 2.34. The number of carbonyl (C=O) groups is 2. The number of aromatic nitrogens is 4. The van der Waals surface area contributed by atoms with Crippen molar-refractivity contribution < 1.29 is 14.7 Å². The fourth-order valence-corrected chi connectivity index (χ4v) is 3.61. The van der Waals surface area contributed by atoms with Crippen molar-refractivity contribution in [1.82, 2.24) is 25.1 Å². The van der Waals surface area contributed by atoms with Gasteiger partial charge in [-0.1, -0.05) is 23.9 Å². The van der Waals surface area contributed by atoms with Gasteiger partial charge < -0.3 is 20.3 Å². The lowest BCUT2D eigenvalue weighted by Gasteiger charge is -2.13. The number of pyridine rings is 1. The second-order valence-electron chi connectivity index (χ2n) is 7.05. The monoisotopic (exact) mass is 440 g/mol. The van der Waals surface area contributed by atoms with E-state index in [1.54, 1.807) is 31.1 Å². The van der Waals surface area contributed by atoms with Crippen LogP contribution in [0.4, 0.5) is 5.69 Å². The molecule has 2 atom stereocenters. The molecule has 0 unspecified atom stereocenters. The minimum absolute atomic E-state index is 0.0961. The number of aliphatic hydroxyl groups excluding tert-OH is 1. The van der Waals surface area contributed by atoms with E-state index >= 15 is 0 Å². The fraction of sp³-hybridized carbons (Fsp3) is 0.286. The number of carbonyl (C=O) groups excluding carboxylic acids is 2. The average molecular weight is 441 g/mol. The zero-order valence-corrected chi connectivity index (χ0v) is 18.3. The van der Waals surface area contributed by atoms with Gasteiger partial charge in [0, 0.05) is 36.3 Å². The van der Waals surface area contributed by atoms with Crippen LogP contribution in [0, 0.1) is 0 Å². The third-order valence-corrected chi connectivity index (χ3v) is 5.58. The molecule has 162 valence electrons. The van der Waals surface area contributed by atoms with Gasteiger partial charge >= 0.3 is 0 Å². The molecule has 2 amide bonds. The molecule has 0 radical (unpaired) electrons. The van der Waals surface area contributed by atoms with Crippen LogP contribution in [0.15, 0.2) is 54.1 Å². The smallest absolute Gasteiger partial charge is 0.274 e. The summed E-state index contributed by atoms with van der Waals surface area (Å²) in [6, 6.07) is 10.5. The molecule has 1 aromatic carbocycles. The lowest BCUT2D eigenvalue weighted by atomic mass is 10.1. The van der Waals surface area contributed by atoms with Crippen LogP contribution in [0.3, 0.4) is 0 Å². The normalized spacial score (nSPS) is 12.8. The summed E-state index contributed by atoms with van der Waals surface area (Å²) in [6.07, 6.45) is 2.40. The number of anilines is 1. The summed E-state index contributed by atoms with van der Waals surface area (Å²) in [6.45, 7) is 3.75. The molecule has 31 heavy (non-hydrogen) atoms. The number of hydrogen-bond acceptors (Lipinski definition) is 7. The maximum absolute atomic E-state index is 12.7. The van der Waals surface area contributed by atoms with Gasteiger partial charge in [0.25, 0.3) is 11.8 Å². The number of benzene rings is 1. The molecule has 10 heteroatoms. The fourth-order valence-electron chi connectivity index (χ4n) is 2.71. The number of nitrogens with one attached hydrogen (secondary N) is 2. The molecule has 2 aromatic heterocycles. The zero-order valence-electron chi connectivity index (χ0n) is 17.4. The Kier molecular flexibility index (Phi) is 7.37. The third kappa shape index (κ3) is 6.12. The lowest BCUT2D eigenvalue weighted by Crippen LogP contribution is -2.30. The van der Waals surface area contributed by atoms with Crippen molar-refractivity contribution in [3.63, 3.8) is 0 Å². The molecule has 2 heterocycles. The first kappa shape index (κ1) is 22.4. The third-order valence-electron chi connectivity index (χ3n) is 4.38. The molecule has 0 bridgehead atoms. The van der Waals surface area contributed by atoms with E-state index in [1.165, 1.54) is 18.3 Å². The Hall–Kier alpha value is -3.24. The number of rotatable bonds is 8. The molecule has 0 aliphatic rings. The zero-order chi connectivity index (χ0) is 22.4. The lowest BCUT2D eigenvalue weighted by molar-refractivity contribution is 0.0924. The maximum Gasteiger partial charge on any atom is 0.274 e. The highest BCUT2D eigenvalue weighted by molar-refractivity contribution is 7.99. The van der Waals surface area contributed by atoms with Crippen LogP contribution < -0.4 is 10.6 Å². The first-order chi connectivity index (χ1) is 14.8. The van der Waals surface area contributed by atoms with E-state index in [1.807, 2.05) is 29.8 Å².